The van der Waals surface area contributed by atoms with Gasteiger partial charge in [0.15, 0.2) is 10.5 Å². The van der Waals surface area contributed by atoms with E-state index >= 15 is 0 Å². The first-order valence-electron chi connectivity index (χ1n) is 7.26. The highest BCUT2D eigenvalue weighted by Gasteiger charge is 2.16. The number of hydrogen-bond acceptors (Lipinski definition) is 3. The molecule has 0 bridgehead atoms. The average molecular weight is 409 g/mol. The number of benzene rings is 1. The third kappa shape index (κ3) is 4.89. The van der Waals surface area contributed by atoms with Crippen LogP contribution in [-0.2, 0) is 0 Å². The second-order valence-electron chi connectivity index (χ2n) is 5.08. The van der Waals surface area contributed by atoms with Gasteiger partial charge in [0.05, 0.1) is 16.1 Å². The fourth-order valence-corrected chi connectivity index (χ4v) is 3.26. The number of nitrogens with one attached hydrogen (secondary N) is 2. The lowest BCUT2D eigenvalue weighted by Gasteiger charge is -2.20. The Balaban J connectivity index is 2.05. The summed E-state index contributed by atoms with van der Waals surface area (Å²) in [4.78, 5) is 15.0. The van der Waals surface area contributed by atoms with Crippen LogP contribution in [0.1, 0.15) is 19.8 Å². The van der Waals surface area contributed by atoms with E-state index in [2.05, 4.69) is 10.3 Å². The summed E-state index contributed by atoms with van der Waals surface area (Å²) in [7, 11) is 0. The molecule has 0 saturated carbocycles. The van der Waals surface area contributed by atoms with Crippen LogP contribution in [0, 0.1) is 4.77 Å². The minimum Gasteiger partial charge on any atom is -0.488 e. The minimum absolute atomic E-state index is 0.220. The van der Waals surface area contributed by atoms with Crippen molar-refractivity contribution in [1.82, 2.24) is 14.9 Å². The van der Waals surface area contributed by atoms with Crippen LogP contribution in [-0.4, -0.2) is 28.2 Å². The molecule has 5 nitrogen and oxygen atoms in total. The van der Waals surface area contributed by atoms with E-state index in [0.717, 1.165) is 12.8 Å². The zero-order valence-electron chi connectivity index (χ0n) is 12.8. The zero-order chi connectivity index (χ0) is 17.7. The van der Waals surface area contributed by atoms with Gasteiger partial charge < -0.3 is 15.0 Å². The number of aromatic amines is 1. The number of ether oxygens (including phenoxy) is 1. The van der Waals surface area contributed by atoms with Gasteiger partial charge in [-0.2, -0.15) is 0 Å². The van der Waals surface area contributed by atoms with Crippen molar-refractivity contribution in [3.8, 4) is 5.75 Å². The molecule has 0 spiro atoms. The van der Waals surface area contributed by atoms with Crippen molar-refractivity contribution in [2.45, 2.75) is 25.8 Å². The Labute approximate surface area is 159 Å². The molecule has 2 aromatic rings. The first-order valence-corrected chi connectivity index (χ1v) is 8.80. The third-order valence-corrected chi connectivity index (χ3v) is 4.32. The number of carbonyl (C=O) groups is 1. The van der Waals surface area contributed by atoms with Crippen molar-refractivity contribution >= 4 is 53.1 Å². The molecule has 1 unspecified atom stereocenters. The van der Waals surface area contributed by atoms with Gasteiger partial charge in [0, 0.05) is 17.4 Å². The quantitative estimate of drug-likeness (QED) is 0.637. The first-order chi connectivity index (χ1) is 11.4. The zero-order valence-corrected chi connectivity index (χ0v) is 15.9. The molecule has 0 radical (unpaired) electrons. The maximum Gasteiger partial charge on any atom is 0.328 e. The van der Waals surface area contributed by atoms with Crippen LogP contribution < -0.4 is 10.1 Å². The maximum atomic E-state index is 12.2. The summed E-state index contributed by atoms with van der Waals surface area (Å²) in [6, 6.07) is 2.56. The average Bonchev–Trinajstić information content (AvgIpc) is 2.92. The second kappa shape index (κ2) is 8.76. The van der Waals surface area contributed by atoms with Gasteiger partial charge in [0.25, 0.3) is 0 Å². The summed E-state index contributed by atoms with van der Waals surface area (Å²) < 4.78 is 7.35. The summed E-state index contributed by atoms with van der Waals surface area (Å²) >= 11 is 23.1. The molecule has 1 aromatic heterocycles. The molecule has 24 heavy (non-hydrogen) atoms. The van der Waals surface area contributed by atoms with E-state index in [1.165, 1.54) is 4.57 Å². The summed E-state index contributed by atoms with van der Waals surface area (Å²) in [5.74, 6) is 0.344. The smallest absolute Gasteiger partial charge is 0.328 e. The van der Waals surface area contributed by atoms with Crippen molar-refractivity contribution in [2.75, 3.05) is 6.61 Å². The number of nitrogens with zero attached hydrogens (tertiary/aromatic N) is 1. The van der Waals surface area contributed by atoms with Crippen molar-refractivity contribution in [3.05, 3.63) is 44.4 Å². The second-order valence-corrected chi connectivity index (χ2v) is 6.72. The van der Waals surface area contributed by atoms with Crippen molar-refractivity contribution < 1.29 is 9.53 Å². The number of rotatable bonds is 6. The molecule has 0 aliphatic carbocycles. The number of imidazole rings is 1. The highest BCUT2D eigenvalue weighted by molar-refractivity contribution is 7.71. The number of amides is 1. The lowest BCUT2D eigenvalue weighted by atomic mass is 10.2. The fraction of sp³-hybridized carbons (Fsp3) is 0.333. The molecule has 130 valence electrons. The lowest BCUT2D eigenvalue weighted by molar-refractivity contribution is 0.221. The molecule has 1 aromatic carbocycles. The molecule has 0 fully saturated rings. The molecule has 2 N–H and O–H groups in total. The summed E-state index contributed by atoms with van der Waals surface area (Å²) in [6.07, 6.45) is 4.76. The van der Waals surface area contributed by atoms with Crippen LogP contribution in [0.5, 0.6) is 5.75 Å². The maximum absolute atomic E-state index is 12.2. The molecule has 2 rings (SSSR count). The fourth-order valence-electron chi connectivity index (χ4n) is 2.12. The summed E-state index contributed by atoms with van der Waals surface area (Å²) in [6.45, 7) is 2.24. The van der Waals surface area contributed by atoms with E-state index in [4.69, 9.17) is 51.8 Å². The first kappa shape index (κ1) is 19.1. The number of aromatic nitrogens is 2. The topological polar surface area (TPSA) is 59.0 Å². The van der Waals surface area contributed by atoms with Crippen molar-refractivity contribution in [3.63, 3.8) is 0 Å². The van der Waals surface area contributed by atoms with Crippen LogP contribution in [0.15, 0.2) is 24.5 Å². The Morgan fingerprint density at radius 1 is 1.38 bits per heavy atom. The Morgan fingerprint density at radius 3 is 2.58 bits per heavy atom. The number of hydrogen-bond donors (Lipinski definition) is 2. The van der Waals surface area contributed by atoms with E-state index in [-0.39, 0.29) is 18.7 Å². The van der Waals surface area contributed by atoms with Gasteiger partial charge in [-0.25, -0.2) is 9.36 Å². The van der Waals surface area contributed by atoms with Crippen LogP contribution in [0.4, 0.5) is 4.79 Å². The highest BCUT2D eigenvalue weighted by Crippen LogP contribution is 2.35. The monoisotopic (exact) mass is 407 g/mol. The molecular formula is C15H16Cl3N3O2S. The van der Waals surface area contributed by atoms with Crippen LogP contribution in [0.2, 0.25) is 15.1 Å². The molecule has 1 amide bonds. The standard InChI is InChI=1S/C15H16Cl3N3O2S/c1-2-3-10(20-14(22)21-5-4-19-15(21)24)8-23-13-11(17)6-9(16)7-12(13)18/h4-7,10H,2-3,8H2,1H3,(H,19,24)(H,20,22). The highest BCUT2D eigenvalue weighted by atomic mass is 35.5. The Bertz CT molecular complexity index is 752. The van der Waals surface area contributed by atoms with Gasteiger partial charge >= 0.3 is 6.03 Å². The molecule has 0 aliphatic heterocycles. The number of H-pyrrole nitrogens is 1. The Morgan fingerprint density at radius 2 is 2.04 bits per heavy atom. The van der Waals surface area contributed by atoms with Gasteiger partial charge in [-0.3, -0.25) is 0 Å². The molecule has 0 aliphatic rings. The molecule has 1 heterocycles. The van der Waals surface area contributed by atoms with E-state index < -0.39 is 0 Å². The van der Waals surface area contributed by atoms with Gasteiger partial charge in [0.1, 0.15) is 6.61 Å². The SMILES string of the molecule is CCCC(COc1c(Cl)cc(Cl)cc1Cl)NC(=O)n1cc[nH]c1=S. The third-order valence-electron chi connectivity index (χ3n) is 3.22. The molecular weight excluding hydrogens is 393 g/mol. The summed E-state index contributed by atoms with van der Waals surface area (Å²) in [5.41, 5.74) is 0. The summed E-state index contributed by atoms with van der Waals surface area (Å²) in [5, 5.41) is 3.95. The van der Waals surface area contributed by atoms with E-state index in [1.807, 2.05) is 6.92 Å². The van der Waals surface area contributed by atoms with E-state index in [0.29, 0.717) is 25.6 Å². The molecule has 1 atom stereocenters. The minimum atomic E-state index is -0.323. The molecule has 0 saturated heterocycles. The van der Waals surface area contributed by atoms with Gasteiger partial charge in [-0.05, 0) is 30.8 Å². The van der Waals surface area contributed by atoms with Crippen LogP contribution in [0.25, 0.3) is 0 Å². The Kier molecular flexibility index (Phi) is 6.98. The van der Waals surface area contributed by atoms with Crippen LogP contribution >= 0.6 is 47.0 Å². The number of halogens is 3. The van der Waals surface area contributed by atoms with Crippen molar-refractivity contribution in [2.24, 2.45) is 0 Å². The number of carbonyl (C=O) groups excluding carboxylic acids is 1. The predicted octanol–water partition coefficient (Wildman–Crippen LogP) is 5.31. The predicted molar refractivity (Wildman–Crippen MR) is 99.2 cm³/mol. The van der Waals surface area contributed by atoms with E-state index in [9.17, 15) is 4.79 Å². The van der Waals surface area contributed by atoms with Gasteiger partial charge in [-0.1, -0.05) is 48.1 Å². The van der Waals surface area contributed by atoms with Crippen molar-refractivity contribution in [1.29, 1.82) is 0 Å². The van der Waals surface area contributed by atoms with Gasteiger partial charge in [0.2, 0.25) is 0 Å². The van der Waals surface area contributed by atoms with Crippen LogP contribution in [0.3, 0.4) is 0 Å². The van der Waals surface area contributed by atoms with Gasteiger partial charge in [-0.15, -0.1) is 0 Å². The lowest BCUT2D eigenvalue weighted by Crippen LogP contribution is -2.41. The normalized spacial score (nSPS) is 12.0. The Hall–Kier alpha value is -1.21. The largest absolute Gasteiger partial charge is 0.488 e. The van der Waals surface area contributed by atoms with E-state index in [1.54, 1.807) is 24.5 Å². The molecule has 9 heteroatoms.